The number of unbranched alkanes of at least 4 members (excludes halogenated alkanes) is 2. The van der Waals surface area contributed by atoms with Crippen LogP contribution in [0.1, 0.15) is 61.8 Å². The van der Waals surface area contributed by atoms with Crippen molar-refractivity contribution in [1.82, 2.24) is 9.55 Å². The topological polar surface area (TPSA) is 88.9 Å². The van der Waals surface area contributed by atoms with Crippen molar-refractivity contribution >= 4 is 12.1 Å². The first-order valence-electron chi connectivity index (χ1n) is 14.5. The van der Waals surface area contributed by atoms with Gasteiger partial charge in [-0.15, -0.1) is 0 Å². The number of rotatable bonds is 12. The summed E-state index contributed by atoms with van der Waals surface area (Å²) in [5.74, 6) is -0.0853. The zero-order chi connectivity index (χ0) is 30.2. The molecule has 1 heterocycles. The van der Waals surface area contributed by atoms with E-state index in [1.54, 1.807) is 37.3 Å². The Morgan fingerprint density at radius 3 is 2.23 bits per heavy atom. The van der Waals surface area contributed by atoms with Crippen LogP contribution in [-0.2, 0) is 19.0 Å². The molecule has 1 aromatic heterocycles. The van der Waals surface area contributed by atoms with Gasteiger partial charge >= 0.3 is 12.1 Å². The van der Waals surface area contributed by atoms with Gasteiger partial charge in [0.2, 0.25) is 0 Å². The van der Waals surface area contributed by atoms with Gasteiger partial charge in [0.25, 0.3) is 0 Å². The minimum atomic E-state index is -0.903. The summed E-state index contributed by atoms with van der Waals surface area (Å²) in [4.78, 5) is 31.0. The number of benzene rings is 3. The third kappa shape index (κ3) is 6.48. The smallest absolute Gasteiger partial charge is 0.496 e. The Bertz CT molecular complexity index is 1550. The summed E-state index contributed by atoms with van der Waals surface area (Å²) in [5.41, 5.74) is 5.27. The van der Waals surface area contributed by atoms with E-state index in [4.69, 9.17) is 18.9 Å². The molecule has 1 aliphatic rings. The van der Waals surface area contributed by atoms with Gasteiger partial charge in [-0.3, -0.25) is 0 Å². The van der Waals surface area contributed by atoms with Crippen LogP contribution in [0.3, 0.4) is 0 Å². The van der Waals surface area contributed by atoms with Crippen LogP contribution >= 0.6 is 0 Å². The van der Waals surface area contributed by atoms with E-state index in [2.05, 4.69) is 36.2 Å². The summed E-state index contributed by atoms with van der Waals surface area (Å²) in [6.07, 6.45) is 6.70. The number of hydrogen-bond donors (Lipinski definition) is 0. The lowest BCUT2D eigenvalue weighted by atomic mass is 9.96. The lowest BCUT2D eigenvalue weighted by Crippen LogP contribution is -2.24. The third-order valence-corrected chi connectivity index (χ3v) is 7.68. The molecular formula is C35H36N2O6. The lowest BCUT2D eigenvalue weighted by Gasteiger charge is -2.24. The molecule has 43 heavy (non-hydrogen) atoms. The minimum absolute atomic E-state index is 0.0716. The molecule has 1 atom stereocenters. The van der Waals surface area contributed by atoms with Crippen LogP contribution in [0.2, 0.25) is 0 Å². The number of nitrogens with zero attached hydrogens (tertiary/aromatic N) is 2. The normalized spacial score (nSPS) is 13.4. The first-order chi connectivity index (χ1) is 21.0. The van der Waals surface area contributed by atoms with Crippen LogP contribution in [0.15, 0.2) is 103 Å². The standard InChI is InChI=1S/C35H36N2O6/c1-4-5-12-21-41-34(38)32(33(37-20-19-36-23-37)29-17-10-11-18-31(29)40-3)24(2)43-35(39)42-22-30-27-15-8-6-13-25(27)26-14-7-9-16-28(26)30/h6-11,13-20,23,30,33H,4-5,12,21-22H2,1-3H3. The van der Waals surface area contributed by atoms with Crippen molar-refractivity contribution in [3.05, 3.63) is 120 Å². The fraction of sp³-hybridized carbons (Fsp3) is 0.286. The van der Waals surface area contributed by atoms with Crippen LogP contribution in [0.4, 0.5) is 4.79 Å². The van der Waals surface area contributed by atoms with Crippen molar-refractivity contribution in [1.29, 1.82) is 0 Å². The number of fused-ring (bicyclic) bond motifs is 3. The van der Waals surface area contributed by atoms with E-state index in [9.17, 15) is 9.59 Å². The summed E-state index contributed by atoms with van der Waals surface area (Å²) >= 11 is 0. The molecular weight excluding hydrogens is 544 g/mol. The maximum absolute atomic E-state index is 13.7. The Morgan fingerprint density at radius 1 is 0.907 bits per heavy atom. The number of aromatic nitrogens is 2. The van der Waals surface area contributed by atoms with Crippen molar-refractivity contribution in [2.45, 2.75) is 45.1 Å². The van der Waals surface area contributed by atoms with E-state index < -0.39 is 18.2 Å². The van der Waals surface area contributed by atoms with Crippen LogP contribution in [0, 0.1) is 0 Å². The van der Waals surface area contributed by atoms with E-state index >= 15 is 0 Å². The number of carbonyl (C=O) groups is 2. The van der Waals surface area contributed by atoms with Gasteiger partial charge in [0, 0.05) is 23.9 Å². The van der Waals surface area contributed by atoms with Crippen molar-refractivity contribution < 1.29 is 28.5 Å². The molecule has 1 unspecified atom stereocenters. The van der Waals surface area contributed by atoms with Gasteiger partial charge in [0.1, 0.15) is 23.7 Å². The molecule has 5 rings (SSSR count). The molecule has 1 aliphatic carbocycles. The van der Waals surface area contributed by atoms with Crippen molar-refractivity contribution in [2.75, 3.05) is 20.3 Å². The summed E-state index contributed by atoms with van der Waals surface area (Å²) in [6.45, 7) is 3.99. The zero-order valence-electron chi connectivity index (χ0n) is 24.7. The predicted molar refractivity (Wildman–Crippen MR) is 163 cm³/mol. The van der Waals surface area contributed by atoms with Gasteiger partial charge in [-0.1, -0.05) is 86.5 Å². The SMILES string of the molecule is CCCCCOC(=O)C(=C(C)OC(=O)OCC1c2ccccc2-c2ccccc21)C(c1ccccc1OC)n1ccnc1. The molecule has 0 fully saturated rings. The van der Waals surface area contributed by atoms with Gasteiger partial charge in [-0.05, 0) is 41.7 Å². The van der Waals surface area contributed by atoms with Crippen LogP contribution in [0.5, 0.6) is 5.75 Å². The van der Waals surface area contributed by atoms with E-state index in [1.807, 2.05) is 48.5 Å². The number of imidazole rings is 1. The highest BCUT2D eigenvalue weighted by Gasteiger charge is 2.33. The number of hydrogen-bond acceptors (Lipinski definition) is 7. The molecule has 0 radical (unpaired) electrons. The number of ether oxygens (including phenoxy) is 4. The number of para-hydroxylation sites is 1. The van der Waals surface area contributed by atoms with Crippen molar-refractivity contribution in [2.24, 2.45) is 0 Å². The largest absolute Gasteiger partial charge is 0.513 e. The highest BCUT2D eigenvalue weighted by molar-refractivity contribution is 5.91. The fourth-order valence-electron chi connectivity index (χ4n) is 5.62. The van der Waals surface area contributed by atoms with E-state index in [-0.39, 0.29) is 30.5 Å². The van der Waals surface area contributed by atoms with E-state index in [0.717, 1.165) is 41.5 Å². The predicted octanol–water partition coefficient (Wildman–Crippen LogP) is 7.45. The molecule has 0 saturated heterocycles. The van der Waals surface area contributed by atoms with E-state index in [0.29, 0.717) is 11.3 Å². The van der Waals surface area contributed by atoms with Gasteiger partial charge in [-0.25, -0.2) is 14.6 Å². The Kier molecular flexibility index (Phi) is 9.56. The molecule has 0 spiro atoms. The Morgan fingerprint density at radius 2 is 1.58 bits per heavy atom. The molecule has 4 aromatic rings. The Hall–Kier alpha value is -4.85. The Labute approximate surface area is 251 Å². The molecule has 0 amide bonds. The summed E-state index contributed by atoms with van der Waals surface area (Å²) < 4.78 is 24.5. The maximum atomic E-state index is 13.7. The van der Waals surface area contributed by atoms with Gasteiger partial charge in [0.05, 0.1) is 26.1 Å². The highest BCUT2D eigenvalue weighted by Crippen LogP contribution is 2.44. The summed E-state index contributed by atoms with van der Waals surface area (Å²) in [5, 5.41) is 0. The fourth-order valence-corrected chi connectivity index (χ4v) is 5.62. The first-order valence-corrected chi connectivity index (χ1v) is 14.5. The highest BCUT2D eigenvalue weighted by atomic mass is 16.7. The monoisotopic (exact) mass is 580 g/mol. The average Bonchev–Trinajstić information content (AvgIpc) is 3.67. The van der Waals surface area contributed by atoms with Crippen LogP contribution < -0.4 is 4.74 Å². The van der Waals surface area contributed by atoms with Crippen molar-refractivity contribution in [3.63, 3.8) is 0 Å². The zero-order valence-corrected chi connectivity index (χ0v) is 24.7. The second-order valence-electron chi connectivity index (χ2n) is 10.4. The second kappa shape index (κ2) is 13.9. The van der Waals surface area contributed by atoms with Gasteiger partial charge in [0.15, 0.2) is 0 Å². The molecule has 0 aliphatic heterocycles. The van der Waals surface area contributed by atoms with Crippen molar-refractivity contribution in [3.8, 4) is 16.9 Å². The third-order valence-electron chi connectivity index (χ3n) is 7.68. The average molecular weight is 581 g/mol. The number of carbonyl (C=O) groups excluding carboxylic acids is 2. The molecule has 3 aromatic carbocycles. The molecule has 0 N–H and O–H groups in total. The van der Waals surface area contributed by atoms with Gasteiger partial charge in [-0.2, -0.15) is 0 Å². The quantitative estimate of drug-likeness (QED) is 0.0744. The van der Waals surface area contributed by atoms with Crippen LogP contribution in [0.25, 0.3) is 11.1 Å². The number of esters is 1. The minimum Gasteiger partial charge on any atom is -0.496 e. The second-order valence-corrected chi connectivity index (χ2v) is 10.4. The molecule has 222 valence electrons. The molecule has 8 heteroatoms. The summed E-state index contributed by atoms with van der Waals surface area (Å²) in [7, 11) is 1.57. The lowest BCUT2D eigenvalue weighted by molar-refractivity contribution is -0.139. The number of allylic oxidation sites excluding steroid dienone is 1. The van der Waals surface area contributed by atoms with Crippen LogP contribution in [-0.4, -0.2) is 42.0 Å². The maximum Gasteiger partial charge on any atom is 0.513 e. The first kappa shape index (κ1) is 29.6. The van der Waals surface area contributed by atoms with Gasteiger partial charge < -0.3 is 23.5 Å². The molecule has 0 bridgehead atoms. The molecule has 8 nitrogen and oxygen atoms in total. The number of methoxy groups -OCH3 is 1. The molecule has 0 saturated carbocycles. The Balaban J connectivity index is 1.43. The summed E-state index contributed by atoms with van der Waals surface area (Å²) in [6, 6.07) is 22.9. The van der Waals surface area contributed by atoms with E-state index in [1.165, 1.54) is 0 Å².